The number of hydrogen-bond acceptors (Lipinski definition) is 0. The molecule has 41 heavy (non-hydrogen) atoms. The van der Waals surface area contributed by atoms with Crippen LogP contribution >= 0.6 is 0 Å². The summed E-state index contributed by atoms with van der Waals surface area (Å²) in [5.41, 5.74) is 12.8. The summed E-state index contributed by atoms with van der Waals surface area (Å²) in [5.74, 6) is 0. The van der Waals surface area contributed by atoms with E-state index >= 15 is 0 Å². The molecule has 1 aliphatic carbocycles. The second-order valence-electron chi connectivity index (χ2n) is 11.8. The van der Waals surface area contributed by atoms with Gasteiger partial charge in [0.2, 0.25) is 0 Å². The molecule has 8 aromatic rings. The van der Waals surface area contributed by atoms with E-state index in [2.05, 4.69) is 156 Å². The molecule has 0 amide bonds. The summed E-state index contributed by atoms with van der Waals surface area (Å²) in [5, 5.41) is 5.16. The molecule has 2 heteroatoms. The van der Waals surface area contributed by atoms with Crippen molar-refractivity contribution >= 4 is 43.6 Å². The Balaban J connectivity index is 1.35. The molecule has 0 bridgehead atoms. The Labute approximate surface area is 238 Å². The molecule has 0 unspecified atom stereocenters. The van der Waals surface area contributed by atoms with Crippen molar-refractivity contribution in [3.8, 4) is 22.5 Å². The maximum absolute atomic E-state index is 2.46. The molecule has 0 atom stereocenters. The van der Waals surface area contributed by atoms with Crippen LogP contribution in [-0.4, -0.2) is 9.13 Å². The molecular weight excluding hydrogens is 496 g/mol. The molecule has 0 saturated carbocycles. The fraction of sp³-hybridized carbons (Fsp3) is 0.0769. The minimum atomic E-state index is -0.0280. The van der Waals surface area contributed by atoms with Gasteiger partial charge in [-0.2, -0.15) is 0 Å². The summed E-state index contributed by atoms with van der Waals surface area (Å²) in [4.78, 5) is 0. The lowest BCUT2D eigenvalue weighted by Gasteiger charge is -2.21. The summed E-state index contributed by atoms with van der Waals surface area (Å²) in [6.07, 6.45) is 0. The van der Waals surface area contributed by atoms with Gasteiger partial charge < -0.3 is 9.13 Å². The van der Waals surface area contributed by atoms with Crippen molar-refractivity contribution < 1.29 is 0 Å². The third-order valence-corrected chi connectivity index (χ3v) is 9.30. The number of rotatable bonds is 2. The highest BCUT2D eigenvalue weighted by Gasteiger charge is 2.36. The van der Waals surface area contributed by atoms with Crippen molar-refractivity contribution in [1.82, 2.24) is 9.13 Å². The molecule has 2 aromatic heterocycles. The number of fused-ring (bicyclic) bond motifs is 9. The van der Waals surface area contributed by atoms with Crippen molar-refractivity contribution in [2.45, 2.75) is 19.3 Å². The first-order chi connectivity index (χ1) is 20.1. The third kappa shape index (κ3) is 2.97. The van der Waals surface area contributed by atoms with Crippen LogP contribution in [0.2, 0.25) is 0 Å². The molecule has 2 nitrogen and oxygen atoms in total. The third-order valence-electron chi connectivity index (χ3n) is 9.30. The van der Waals surface area contributed by atoms with Gasteiger partial charge >= 0.3 is 0 Å². The van der Waals surface area contributed by atoms with Crippen LogP contribution < -0.4 is 0 Å². The lowest BCUT2D eigenvalue weighted by molar-refractivity contribution is 0.661. The van der Waals surface area contributed by atoms with E-state index in [0.29, 0.717) is 0 Å². The maximum Gasteiger partial charge on any atom is 0.0547 e. The second kappa shape index (κ2) is 7.99. The van der Waals surface area contributed by atoms with Gasteiger partial charge in [0.1, 0.15) is 0 Å². The molecule has 1 aliphatic rings. The van der Waals surface area contributed by atoms with Gasteiger partial charge in [-0.05, 0) is 70.8 Å². The first kappa shape index (κ1) is 22.7. The molecule has 194 valence electrons. The highest BCUT2D eigenvalue weighted by Crippen LogP contribution is 2.51. The zero-order valence-electron chi connectivity index (χ0n) is 23.1. The number of nitrogens with zero attached hydrogens (tertiary/aromatic N) is 2. The Morgan fingerprint density at radius 1 is 0.390 bits per heavy atom. The predicted molar refractivity (Wildman–Crippen MR) is 173 cm³/mol. The van der Waals surface area contributed by atoms with Crippen LogP contribution in [0.3, 0.4) is 0 Å². The van der Waals surface area contributed by atoms with Gasteiger partial charge in [0, 0.05) is 38.3 Å². The molecule has 0 saturated heterocycles. The average molecular weight is 525 g/mol. The number of aromatic nitrogens is 2. The van der Waals surface area contributed by atoms with Crippen LogP contribution in [0.1, 0.15) is 25.0 Å². The normalized spacial score (nSPS) is 13.8. The Morgan fingerprint density at radius 3 is 1.54 bits per heavy atom. The summed E-state index contributed by atoms with van der Waals surface area (Å²) < 4.78 is 4.86. The van der Waals surface area contributed by atoms with Crippen molar-refractivity contribution in [3.05, 3.63) is 145 Å². The number of hydrogen-bond donors (Lipinski definition) is 0. The van der Waals surface area contributed by atoms with Crippen molar-refractivity contribution in [2.75, 3.05) is 0 Å². The first-order valence-electron chi connectivity index (χ1n) is 14.4. The smallest absolute Gasteiger partial charge is 0.0547 e. The van der Waals surface area contributed by atoms with E-state index in [9.17, 15) is 0 Å². The van der Waals surface area contributed by atoms with Gasteiger partial charge in [-0.25, -0.2) is 0 Å². The predicted octanol–water partition coefficient (Wildman–Crippen LogP) is 10.2. The van der Waals surface area contributed by atoms with E-state index in [4.69, 9.17) is 0 Å². The SMILES string of the molecule is CC1(C)c2ccccc2-c2cc3c(cc21)c1ccccc1n3-c1cccc(-n2c3ccccc3c3ccccc32)c1. The lowest BCUT2D eigenvalue weighted by Crippen LogP contribution is -2.14. The summed E-state index contributed by atoms with van der Waals surface area (Å²) >= 11 is 0. The Kier molecular flexibility index (Phi) is 4.42. The van der Waals surface area contributed by atoms with E-state index in [1.54, 1.807) is 0 Å². The largest absolute Gasteiger partial charge is 0.309 e. The molecule has 2 heterocycles. The number of benzene rings is 6. The van der Waals surface area contributed by atoms with Crippen LogP contribution in [0.5, 0.6) is 0 Å². The van der Waals surface area contributed by atoms with Crippen LogP contribution in [0.4, 0.5) is 0 Å². The zero-order valence-corrected chi connectivity index (χ0v) is 23.1. The molecule has 0 N–H and O–H groups in total. The highest BCUT2D eigenvalue weighted by atomic mass is 15.0. The fourth-order valence-corrected chi connectivity index (χ4v) is 7.41. The molecular formula is C39H28N2. The van der Waals surface area contributed by atoms with Gasteiger partial charge in [0.15, 0.2) is 0 Å². The quantitative estimate of drug-likeness (QED) is 0.213. The lowest BCUT2D eigenvalue weighted by atomic mass is 9.82. The van der Waals surface area contributed by atoms with Crippen molar-refractivity contribution in [1.29, 1.82) is 0 Å². The van der Waals surface area contributed by atoms with Gasteiger partial charge in [-0.1, -0.05) is 98.8 Å². The molecule has 9 rings (SSSR count). The maximum atomic E-state index is 2.46. The fourth-order valence-electron chi connectivity index (χ4n) is 7.41. The zero-order chi connectivity index (χ0) is 27.3. The molecule has 6 aromatic carbocycles. The summed E-state index contributed by atoms with van der Waals surface area (Å²) in [7, 11) is 0. The van der Waals surface area contributed by atoms with Crippen LogP contribution in [-0.2, 0) is 5.41 Å². The van der Waals surface area contributed by atoms with Gasteiger partial charge in [-0.15, -0.1) is 0 Å². The first-order valence-corrected chi connectivity index (χ1v) is 14.4. The van der Waals surface area contributed by atoms with Crippen LogP contribution in [0.25, 0.3) is 66.1 Å². The van der Waals surface area contributed by atoms with Gasteiger partial charge in [-0.3, -0.25) is 0 Å². The van der Waals surface area contributed by atoms with E-state index in [1.807, 2.05) is 0 Å². The average Bonchev–Trinajstić information content (AvgIpc) is 3.60. The minimum absolute atomic E-state index is 0.0280. The van der Waals surface area contributed by atoms with E-state index in [0.717, 1.165) is 0 Å². The highest BCUT2D eigenvalue weighted by molar-refractivity contribution is 6.12. The monoisotopic (exact) mass is 524 g/mol. The summed E-state index contributed by atoms with van der Waals surface area (Å²) in [6, 6.07) is 49.1. The van der Waals surface area contributed by atoms with E-state index in [1.165, 1.54) is 77.2 Å². The van der Waals surface area contributed by atoms with Crippen molar-refractivity contribution in [3.63, 3.8) is 0 Å². The molecule has 0 aliphatic heterocycles. The minimum Gasteiger partial charge on any atom is -0.309 e. The van der Waals surface area contributed by atoms with E-state index in [-0.39, 0.29) is 5.41 Å². The Hall–Kier alpha value is -5.08. The van der Waals surface area contributed by atoms with Crippen LogP contribution in [0.15, 0.2) is 133 Å². The molecule has 0 spiro atoms. The van der Waals surface area contributed by atoms with Gasteiger partial charge in [0.05, 0.1) is 22.1 Å². The summed E-state index contributed by atoms with van der Waals surface area (Å²) in [6.45, 7) is 4.72. The standard InChI is InChI=1S/C39H28N2/c1-39(2)33-18-7-3-14-27(33)31-24-38-32(23-34(31)39)30-17-6-10-21-37(30)41(38)26-13-11-12-25(22-26)40-35-19-8-4-15-28(35)29-16-5-9-20-36(29)40/h3-24H,1-2H3. The van der Waals surface area contributed by atoms with Crippen molar-refractivity contribution in [2.24, 2.45) is 0 Å². The topological polar surface area (TPSA) is 9.86 Å². The molecule has 0 fully saturated rings. The van der Waals surface area contributed by atoms with E-state index < -0.39 is 0 Å². The number of para-hydroxylation sites is 3. The second-order valence-corrected chi connectivity index (χ2v) is 11.8. The molecule has 0 radical (unpaired) electrons. The Bertz CT molecular complexity index is 2290. The Morgan fingerprint density at radius 2 is 0.902 bits per heavy atom. The van der Waals surface area contributed by atoms with Crippen LogP contribution in [0, 0.1) is 0 Å². The van der Waals surface area contributed by atoms with Gasteiger partial charge in [0.25, 0.3) is 0 Å².